The zero-order valence-corrected chi connectivity index (χ0v) is 23.9. The minimum absolute atomic E-state index is 0.159. The van der Waals surface area contributed by atoms with Crippen LogP contribution in [0.15, 0.2) is 60.7 Å². The number of unbranched alkanes of at least 4 members (excludes halogenated alkanes) is 2. The van der Waals surface area contributed by atoms with Gasteiger partial charge in [0.05, 0.1) is 6.04 Å². The van der Waals surface area contributed by atoms with Crippen molar-refractivity contribution in [3.63, 3.8) is 0 Å². The van der Waals surface area contributed by atoms with Gasteiger partial charge < -0.3 is 4.74 Å². The molecule has 2 aromatic carbocycles. The number of aryl methyl sites for hydroxylation is 1. The molecule has 2 aromatic rings. The minimum atomic E-state index is -0.310. The molecule has 4 N–H and O–H groups in total. The molecule has 0 fully saturated rings. The van der Waals surface area contributed by atoms with Crippen LogP contribution in [0.3, 0.4) is 0 Å². The first kappa shape index (κ1) is 31.8. The Bertz CT molecular complexity index is 835. The van der Waals surface area contributed by atoms with Crippen molar-refractivity contribution in [2.45, 2.75) is 99.0 Å². The molecule has 0 bridgehead atoms. The molecule has 5 heteroatoms. The summed E-state index contributed by atoms with van der Waals surface area (Å²) in [6, 6.07) is 17.6. The molecule has 202 valence electrons. The molecular formula is C31H52N4O. The van der Waals surface area contributed by atoms with E-state index < -0.39 is 0 Å². The zero-order valence-electron chi connectivity index (χ0n) is 23.9. The van der Waals surface area contributed by atoms with E-state index in [0.717, 1.165) is 31.8 Å². The van der Waals surface area contributed by atoms with E-state index in [4.69, 9.17) is 10.5 Å². The lowest BCUT2D eigenvalue weighted by Gasteiger charge is -2.28. The van der Waals surface area contributed by atoms with E-state index in [1.54, 1.807) is 0 Å². The fourth-order valence-corrected chi connectivity index (χ4v) is 4.13. The summed E-state index contributed by atoms with van der Waals surface area (Å²) in [6.07, 6.45) is 9.16. The molecular weight excluding hydrogens is 444 g/mol. The average Bonchev–Trinajstić information content (AvgIpc) is 2.98. The molecule has 0 amide bonds. The Morgan fingerprint density at radius 3 is 2.42 bits per heavy atom. The number of hydrogen-bond acceptors (Lipinski definition) is 5. The van der Waals surface area contributed by atoms with Crippen molar-refractivity contribution >= 4 is 0 Å². The van der Waals surface area contributed by atoms with Crippen LogP contribution in [0.2, 0.25) is 0 Å². The number of nitrogens with zero attached hydrogens (tertiary/aromatic N) is 1. The van der Waals surface area contributed by atoms with Crippen molar-refractivity contribution in [3.8, 4) is 5.75 Å². The van der Waals surface area contributed by atoms with Crippen LogP contribution in [0.25, 0.3) is 0 Å². The molecule has 0 radical (unpaired) electrons. The molecule has 3 rings (SSSR count). The molecule has 36 heavy (non-hydrogen) atoms. The monoisotopic (exact) mass is 496 g/mol. The van der Waals surface area contributed by atoms with Gasteiger partial charge in [-0.3, -0.25) is 16.1 Å². The highest BCUT2D eigenvalue weighted by Crippen LogP contribution is 2.19. The highest BCUT2D eigenvalue weighted by molar-refractivity contribution is 5.29. The van der Waals surface area contributed by atoms with Crippen LogP contribution in [0, 0.1) is 6.92 Å². The van der Waals surface area contributed by atoms with Crippen molar-refractivity contribution in [2.75, 3.05) is 13.1 Å². The van der Waals surface area contributed by atoms with Crippen molar-refractivity contribution < 1.29 is 4.74 Å². The third kappa shape index (κ3) is 12.2. The van der Waals surface area contributed by atoms with Crippen LogP contribution in [-0.2, 0) is 6.54 Å². The Labute approximate surface area is 221 Å². The summed E-state index contributed by atoms with van der Waals surface area (Å²) in [5.74, 6) is 0.830. The van der Waals surface area contributed by atoms with Gasteiger partial charge in [-0.2, -0.15) is 0 Å². The van der Waals surface area contributed by atoms with E-state index in [1.165, 1.54) is 36.0 Å². The average molecular weight is 497 g/mol. The van der Waals surface area contributed by atoms with Crippen LogP contribution in [0.4, 0.5) is 0 Å². The fraction of sp³-hybridized carbons (Fsp3) is 0.548. The van der Waals surface area contributed by atoms with E-state index >= 15 is 0 Å². The largest absolute Gasteiger partial charge is 0.476 e. The van der Waals surface area contributed by atoms with E-state index in [2.05, 4.69) is 78.1 Å². The molecule has 1 aliphatic rings. The number of nitrogens with one attached hydrogen (secondary N) is 2. The predicted octanol–water partition coefficient (Wildman–Crippen LogP) is 6.89. The summed E-state index contributed by atoms with van der Waals surface area (Å²) in [4.78, 5) is 2.50. The standard InChI is InChI=1S/C27H40N4O.2C2H6/c1-4-5-6-10-25-20-31(19-23-9-7-11-26(18-23)32-22(3)28)17-8-12-27(30-29-25)24-15-13-21(2)14-16-24;2*1-2/h7-9,11-16,18,22,25,27,29-30H,4-6,10,17,19-20,28H2,1-3H3;2*1-2H3/b12-8+;;. The van der Waals surface area contributed by atoms with Gasteiger partial charge in [0.25, 0.3) is 0 Å². The third-order valence-corrected chi connectivity index (χ3v) is 5.83. The summed E-state index contributed by atoms with van der Waals surface area (Å²) in [5.41, 5.74) is 16.9. The maximum atomic E-state index is 5.80. The van der Waals surface area contributed by atoms with Gasteiger partial charge in [-0.25, -0.2) is 5.43 Å². The first-order valence-corrected chi connectivity index (χ1v) is 14.0. The first-order chi connectivity index (χ1) is 17.5. The number of rotatable bonds is 9. The second-order valence-electron chi connectivity index (χ2n) is 8.96. The Morgan fingerprint density at radius 1 is 1.03 bits per heavy atom. The van der Waals surface area contributed by atoms with Crippen molar-refractivity contribution in [3.05, 3.63) is 77.4 Å². The Kier molecular flexibility index (Phi) is 16.8. The summed E-state index contributed by atoms with van der Waals surface area (Å²) in [5, 5.41) is 0. The van der Waals surface area contributed by atoms with E-state index in [1.807, 2.05) is 46.8 Å². The number of benzene rings is 2. The molecule has 5 nitrogen and oxygen atoms in total. The second-order valence-corrected chi connectivity index (χ2v) is 8.96. The molecule has 1 aliphatic heterocycles. The first-order valence-electron chi connectivity index (χ1n) is 14.0. The number of ether oxygens (including phenoxy) is 1. The van der Waals surface area contributed by atoms with Crippen LogP contribution in [-0.4, -0.2) is 30.3 Å². The quantitative estimate of drug-likeness (QED) is 0.200. The Hall–Kier alpha value is -2.18. The van der Waals surface area contributed by atoms with E-state index in [0.29, 0.717) is 6.04 Å². The number of nitrogens with two attached hydrogens (primary N) is 1. The highest BCUT2D eigenvalue weighted by atomic mass is 16.5. The molecule has 1 heterocycles. The predicted molar refractivity (Wildman–Crippen MR) is 156 cm³/mol. The van der Waals surface area contributed by atoms with Gasteiger partial charge in [0.1, 0.15) is 12.0 Å². The summed E-state index contributed by atoms with van der Waals surface area (Å²) >= 11 is 0. The third-order valence-electron chi connectivity index (χ3n) is 5.83. The topological polar surface area (TPSA) is 62.6 Å². The molecule has 3 unspecified atom stereocenters. The Balaban J connectivity index is 0.00000154. The summed E-state index contributed by atoms with van der Waals surface area (Å²) < 4.78 is 5.69. The number of hydrogen-bond donors (Lipinski definition) is 3. The van der Waals surface area contributed by atoms with Crippen molar-refractivity contribution in [2.24, 2.45) is 5.73 Å². The van der Waals surface area contributed by atoms with Gasteiger partial charge in [-0.1, -0.05) is 108 Å². The van der Waals surface area contributed by atoms with Crippen molar-refractivity contribution in [1.82, 2.24) is 15.8 Å². The molecule has 0 saturated carbocycles. The van der Waals surface area contributed by atoms with Crippen LogP contribution in [0.1, 0.15) is 90.0 Å². The molecule has 3 atom stereocenters. The molecule has 0 spiro atoms. The lowest BCUT2D eigenvalue weighted by molar-refractivity contribution is 0.226. The second kappa shape index (κ2) is 19.0. The van der Waals surface area contributed by atoms with Gasteiger partial charge in [-0.05, 0) is 43.5 Å². The van der Waals surface area contributed by atoms with Gasteiger partial charge in [0, 0.05) is 25.7 Å². The lowest BCUT2D eigenvalue weighted by atomic mass is 10.1. The SMILES string of the molecule is CC.CC.CCCCCC1CN(Cc2cccc(OC(C)N)c2)C/C=C/C(c2ccc(C)cc2)NN1. The van der Waals surface area contributed by atoms with Crippen LogP contribution < -0.4 is 21.3 Å². The summed E-state index contributed by atoms with van der Waals surface area (Å²) in [6.45, 7) is 17.0. The van der Waals surface area contributed by atoms with Crippen LogP contribution in [0.5, 0.6) is 5.75 Å². The van der Waals surface area contributed by atoms with E-state index in [9.17, 15) is 0 Å². The maximum Gasteiger partial charge on any atom is 0.144 e. The minimum Gasteiger partial charge on any atom is -0.476 e. The van der Waals surface area contributed by atoms with E-state index in [-0.39, 0.29) is 12.3 Å². The smallest absolute Gasteiger partial charge is 0.144 e. The highest BCUT2D eigenvalue weighted by Gasteiger charge is 2.18. The van der Waals surface area contributed by atoms with Gasteiger partial charge >= 0.3 is 0 Å². The van der Waals surface area contributed by atoms with Gasteiger partial charge in [0.2, 0.25) is 0 Å². The summed E-state index contributed by atoms with van der Waals surface area (Å²) in [7, 11) is 0. The molecule has 0 aliphatic carbocycles. The fourth-order valence-electron chi connectivity index (χ4n) is 4.13. The normalized spacial score (nSPS) is 19.8. The van der Waals surface area contributed by atoms with Crippen molar-refractivity contribution in [1.29, 1.82) is 0 Å². The van der Waals surface area contributed by atoms with Gasteiger partial charge in [0.15, 0.2) is 0 Å². The maximum absolute atomic E-state index is 5.80. The van der Waals surface area contributed by atoms with Gasteiger partial charge in [-0.15, -0.1) is 0 Å². The zero-order chi connectivity index (χ0) is 26.8. The molecule has 0 saturated heterocycles. The lowest BCUT2D eigenvalue weighted by Crippen LogP contribution is -2.47. The van der Waals surface area contributed by atoms with Crippen LogP contribution >= 0.6 is 0 Å². The molecule has 0 aromatic heterocycles. The number of hydrazine groups is 1. The Morgan fingerprint density at radius 2 is 1.75 bits per heavy atom.